The molecule has 0 heterocycles. The number of rotatable bonds is 0. The number of alkyl halides is 2. The molecule has 0 aromatic heterocycles. The van der Waals surface area contributed by atoms with Crippen LogP contribution in [0, 0.1) is 0 Å². The van der Waals surface area contributed by atoms with E-state index in [-0.39, 0.29) is 5.78 Å². The average molecular weight is 194 g/mol. The second-order valence-electron chi connectivity index (χ2n) is 1.87. The van der Waals surface area contributed by atoms with E-state index in [9.17, 15) is 13.6 Å². The molecule has 0 aromatic carbocycles. The van der Waals surface area contributed by atoms with Gasteiger partial charge in [0.15, 0.2) is 0 Å². The van der Waals surface area contributed by atoms with Gasteiger partial charge in [-0.05, 0) is 13.8 Å². The van der Waals surface area contributed by atoms with Crippen molar-refractivity contribution in [1.82, 2.24) is 0 Å². The summed E-state index contributed by atoms with van der Waals surface area (Å²) in [5.41, 5.74) is 0. The minimum absolute atomic E-state index is 0.167. The summed E-state index contributed by atoms with van der Waals surface area (Å²) in [6.45, 7) is 3.47. The molecule has 4 radical (unpaired) electrons. The topological polar surface area (TPSA) is 17.1 Å². The normalized spacial score (nSPS) is 13.1. The third-order valence-electron chi connectivity index (χ3n) is 0. The van der Waals surface area contributed by atoms with Crippen LogP contribution in [0.1, 0.15) is 36.9 Å². The van der Waals surface area contributed by atoms with Gasteiger partial charge in [-0.15, -0.1) is 0 Å². The molecule has 0 aliphatic rings. The lowest BCUT2D eigenvalue weighted by Crippen LogP contribution is -1.69. The van der Waals surface area contributed by atoms with E-state index < -0.39 is 13.1 Å². The number of carbonyl (C=O) groups excluding carboxylic acids is 1. The van der Waals surface area contributed by atoms with E-state index >= 15 is 0 Å². The van der Waals surface area contributed by atoms with Crippen molar-refractivity contribution in [3.8, 4) is 0 Å². The van der Waals surface area contributed by atoms with Crippen LogP contribution in [-0.4, -0.2) is 34.6 Å². The van der Waals surface area contributed by atoms with Gasteiger partial charge in [0.05, 0.1) is 2.74 Å². The van der Waals surface area contributed by atoms with Gasteiger partial charge >= 0.3 is 0 Å². The Hall–Kier alpha value is -0.340. The number of Topliss-reactive ketones (excluding diaryl/α,β-unsaturated/α-hetero) is 1. The molecule has 1 nitrogen and oxygen atoms in total. The molecular weight excluding hydrogens is 172 g/mol. The smallest absolute Gasteiger partial charge is 0.126 e. The highest BCUT2D eigenvalue weighted by Crippen LogP contribution is 1.56. The van der Waals surface area contributed by atoms with Crippen LogP contribution in [0.5, 0.6) is 0 Å². The largest absolute Gasteiger partial charge is 0.300 e. The van der Waals surface area contributed by atoms with Crippen molar-refractivity contribution in [3.05, 3.63) is 0 Å². The van der Waals surface area contributed by atoms with Crippen LogP contribution < -0.4 is 0 Å². The van der Waals surface area contributed by atoms with Gasteiger partial charge in [-0.1, -0.05) is 20.3 Å². The molecule has 0 aliphatic carbocycles. The van der Waals surface area contributed by atoms with Gasteiger partial charge in [-0.3, -0.25) is 8.78 Å². The minimum Gasteiger partial charge on any atom is -0.300 e. The lowest BCUT2D eigenvalue weighted by Gasteiger charge is -1.56. The molecule has 0 rings (SSSR count). The molecule has 5 heteroatoms. The molecule has 0 bridgehead atoms. The molecule has 0 saturated heterocycles. The SMILES string of the molecule is CC(C)=O.CCC.[3H]C([B])F.[3H]C([B])F. The number of ketones is 1. The number of hydrogen-bond acceptors (Lipinski definition) is 1. The monoisotopic (exact) mass is 194 g/mol. The number of hydrogen-bond donors (Lipinski definition) is 0. The Morgan fingerprint density at radius 3 is 1.23 bits per heavy atom. The van der Waals surface area contributed by atoms with Gasteiger partial charge in [0.25, 0.3) is 0 Å². The summed E-state index contributed by atoms with van der Waals surface area (Å²) in [6.07, 6.45) is 1.25. The first kappa shape index (κ1) is 15.1. The molecule has 0 N–H and O–H groups in total. The molecule has 0 saturated carbocycles. The molecule has 76 valence electrons. The maximum absolute atomic E-state index is 10.4. The first-order valence-corrected chi connectivity index (χ1v) is 3.72. The Morgan fingerprint density at radius 1 is 1.23 bits per heavy atom. The van der Waals surface area contributed by atoms with Gasteiger partial charge in [0.1, 0.15) is 21.5 Å². The van der Waals surface area contributed by atoms with Crippen LogP contribution in [0.15, 0.2) is 0 Å². The summed E-state index contributed by atoms with van der Waals surface area (Å²) >= 11 is 0. The van der Waals surface area contributed by atoms with Crippen LogP contribution >= 0.6 is 0 Å². The first-order valence-electron chi connectivity index (χ1n) is 4.88. The molecule has 0 aliphatic heterocycles. The fraction of sp³-hybridized carbons (Fsp3) is 0.875. The standard InChI is InChI=1S/C3H6O.C3H8.2CH2BF/c1-3(2)4;1-3-2;2*2-1-3/h1-2H3;3H2,1-2H3;2*1H2/i;;2*1T. The van der Waals surface area contributed by atoms with Crippen molar-refractivity contribution < 1.29 is 16.3 Å². The average Bonchev–Trinajstić information content (AvgIpc) is 1.81. The first-order chi connectivity index (χ1) is 6.61. The maximum atomic E-state index is 10.4. The third-order valence-corrected chi connectivity index (χ3v) is 0. The predicted molar refractivity (Wildman–Crippen MR) is 55.8 cm³/mol. The summed E-state index contributed by atoms with van der Waals surface area (Å²) < 4.78 is 32.3. The Kier molecular flexibility index (Phi) is 48.2. The van der Waals surface area contributed by atoms with E-state index in [1.807, 2.05) is 0 Å². The van der Waals surface area contributed by atoms with Crippen molar-refractivity contribution >= 4 is 21.5 Å². The van der Waals surface area contributed by atoms with Crippen LogP contribution in [-0.2, 0) is 4.79 Å². The molecule has 13 heavy (non-hydrogen) atoms. The fourth-order valence-corrected chi connectivity index (χ4v) is 0. The van der Waals surface area contributed by atoms with Crippen molar-refractivity contribution in [3.63, 3.8) is 0 Å². The second kappa shape index (κ2) is 41.4. The van der Waals surface area contributed by atoms with Gasteiger partial charge in [-0.25, -0.2) is 0 Å². The van der Waals surface area contributed by atoms with E-state index in [1.54, 1.807) is 0 Å². The summed E-state index contributed by atoms with van der Waals surface area (Å²) in [4.78, 5) is 9.44. The van der Waals surface area contributed by atoms with E-state index in [1.165, 1.54) is 20.3 Å². The number of halogens is 2. The molecule has 0 fully saturated rings. The molecule has 2 unspecified atom stereocenters. The van der Waals surface area contributed by atoms with E-state index in [0.717, 1.165) is 0 Å². The molecule has 0 spiro atoms. The van der Waals surface area contributed by atoms with Gasteiger partial charge in [-0.2, -0.15) is 0 Å². The Bertz CT molecular complexity index is 101. The summed E-state index contributed by atoms with van der Waals surface area (Å²) in [7, 11) is 8.22. The van der Waals surface area contributed by atoms with Crippen LogP contribution in [0.2, 0.25) is 0 Å². The fourth-order valence-electron chi connectivity index (χ4n) is 0. The quantitative estimate of drug-likeness (QED) is 0.540. The van der Waals surface area contributed by atoms with Crippen molar-refractivity contribution in [2.24, 2.45) is 0 Å². The Balaban J connectivity index is -0.0000000542. The van der Waals surface area contributed by atoms with E-state index in [0.29, 0.717) is 0 Å². The summed E-state index contributed by atoms with van der Waals surface area (Å²) in [5, 5.41) is 0. The summed E-state index contributed by atoms with van der Waals surface area (Å²) in [6, 6.07) is 0. The molecular formula is C8H18B2F2O. The lowest BCUT2D eigenvalue weighted by molar-refractivity contribution is -0.114. The highest BCUT2D eigenvalue weighted by molar-refractivity contribution is 6.08. The zero-order valence-electron chi connectivity index (χ0n) is 10.7. The van der Waals surface area contributed by atoms with Gasteiger partial charge in [0.2, 0.25) is 0 Å². The Labute approximate surface area is 85.9 Å². The summed E-state index contributed by atoms with van der Waals surface area (Å²) in [5.74, 6) is 0.167. The van der Waals surface area contributed by atoms with Gasteiger partial charge in [0, 0.05) is 13.1 Å². The minimum atomic E-state index is -1.92. The second-order valence-corrected chi connectivity index (χ2v) is 1.87. The van der Waals surface area contributed by atoms with Crippen LogP contribution in [0.25, 0.3) is 0 Å². The van der Waals surface area contributed by atoms with Crippen molar-refractivity contribution in [1.29, 1.82) is 0 Å². The van der Waals surface area contributed by atoms with Crippen LogP contribution in [0.4, 0.5) is 8.78 Å². The maximum Gasteiger partial charge on any atom is 0.126 e. The lowest BCUT2D eigenvalue weighted by atomic mass is 10.2. The van der Waals surface area contributed by atoms with Crippen LogP contribution in [0.3, 0.4) is 0 Å². The molecule has 0 amide bonds. The zero-order valence-corrected chi connectivity index (χ0v) is 8.68. The van der Waals surface area contributed by atoms with Gasteiger partial charge < -0.3 is 4.79 Å². The molecule has 2 atom stereocenters. The Morgan fingerprint density at radius 2 is 1.23 bits per heavy atom. The highest BCUT2D eigenvalue weighted by Gasteiger charge is 1.62. The van der Waals surface area contributed by atoms with E-state index in [4.69, 9.17) is 2.74 Å². The van der Waals surface area contributed by atoms with E-state index in [2.05, 4.69) is 29.5 Å². The third kappa shape index (κ3) is 9400. The highest BCUT2D eigenvalue weighted by atomic mass is 19.1. The molecule has 0 aromatic rings. The van der Waals surface area contributed by atoms with Crippen molar-refractivity contribution in [2.45, 2.75) is 34.1 Å². The zero-order chi connectivity index (χ0) is 13.4. The predicted octanol–water partition coefficient (Wildman–Crippen LogP) is 2.18. The van der Waals surface area contributed by atoms with Crippen molar-refractivity contribution in [2.75, 3.05) is 13.1 Å². The number of carbonyl (C=O) groups is 1.